The zero-order chi connectivity index (χ0) is 17.8. The average Bonchev–Trinajstić information content (AvgIpc) is 2.97. The van der Waals surface area contributed by atoms with E-state index >= 15 is 0 Å². The highest BCUT2D eigenvalue weighted by molar-refractivity contribution is 5.73. The van der Waals surface area contributed by atoms with Crippen LogP contribution in [0.1, 0.15) is 79.1 Å². The van der Waals surface area contributed by atoms with Gasteiger partial charge in [-0.15, -0.1) is 0 Å². The lowest BCUT2D eigenvalue weighted by Crippen LogP contribution is -2.63. The molecule has 138 valence electrons. The smallest absolute Gasteiger partial charge is 0.221 e. The minimum atomic E-state index is 0.0521. The number of hydrogen-bond acceptors (Lipinski definition) is 2. The summed E-state index contributed by atoms with van der Waals surface area (Å²) < 4.78 is 0.876. The van der Waals surface area contributed by atoms with Gasteiger partial charge in [-0.2, -0.15) is 0 Å². The Morgan fingerprint density at radius 3 is 2.62 bits per heavy atom. The predicted molar refractivity (Wildman–Crippen MR) is 103 cm³/mol. The van der Waals surface area contributed by atoms with Crippen molar-refractivity contribution in [3.63, 3.8) is 0 Å². The first-order chi connectivity index (χ1) is 11.6. The predicted octanol–water partition coefficient (Wildman–Crippen LogP) is 4.41. The second kappa shape index (κ2) is 11.4. The van der Waals surface area contributed by atoms with E-state index in [1.807, 2.05) is 0 Å². The van der Waals surface area contributed by atoms with Crippen LogP contribution in [-0.4, -0.2) is 42.0 Å². The van der Waals surface area contributed by atoms with Gasteiger partial charge in [-0.25, -0.2) is 4.99 Å². The van der Waals surface area contributed by atoms with E-state index in [2.05, 4.69) is 44.5 Å². The zero-order valence-electron chi connectivity index (χ0n) is 16.3. The Morgan fingerprint density at radius 2 is 1.96 bits per heavy atom. The molecular formula is C20H38N3O+. The molecule has 0 bridgehead atoms. The lowest BCUT2D eigenvalue weighted by Gasteiger charge is -2.42. The number of hydrogen-bond donors (Lipinski definition) is 1. The quantitative estimate of drug-likeness (QED) is 0.320. The minimum Gasteiger partial charge on any atom is -0.307 e. The molecule has 1 amide bonds. The second-order valence-electron chi connectivity index (χ2n) is 7.02. The number of amides is 1. The molecule has 0 saturated carbocycles. The largest absolute Gasteiger partial charge is 0.307 e. The molecule has 0 radical (unpaired) electrons. The lowest BCUT2D eigenvalue weighted by atomic mass is 10.1. The van der Waals surface area contributed by atoms with E-state index in [9.17, 15) is 4.79 Å². The van der Waals surface area contributed by atoms with Gasteiger partial charge in [0, 0.05) is 20.3 Å². The van der Waals surface area contributed by atoms with Crippen LogP contribution in [0.3, 0.4) is 0 Å². The third kappa shape index (κ3) is 6.39. The van der Waals surface area contributed by atoms with E-state index in [0.717, 1.165) is 30.4 Å². The zero-order valence-corrected chi connectivity index (χ0v) is 16.3. The maximum absolute atomic E-state index is 11.4. The molecule has 1 rings (SSSR count). The maximum Gasteiger partial charge on any atom is 0.221 e. The standard InChI is InChI=1S/C20H37N3O/c1-5-7-8-9-10-11-12-13-14-15-20-21-16-17-23(20,6-2)18(3)22-19(4)24/h7-8,16,18,20H,5-6,9-15,17H2,1-4H3/p+1/b8-7+. The molecule has 0 aromatic carbocycles. The molecule has 0 fully saturated rings. The summed E-state index contributed by atoms with van der Waals surface area (Å²) in [6.07, 6.45) is 17.1. The molecule has 4 nitrogen and oxygen atoms in total. The van der Waals surface area contributed by atoms with Gasteiger partial charge >= 0.3 is 0 Å². The maximum atomic E-state index is 11.4. The highest BCUT2D eigenvalue weighted by atomic mass is 16.1. The number of rotatable bonds is 12. The number of carbonyl (C=O) groups excluding carboxylic acids is 1. The van der Waals surface area contributed by atoms with E-state index < -0.39 is 0 Å². The third-order valence-corrected chi connectivity index (χ3v) is 5.30. The van der Waals surface area contributed by atoms with Crippen LogP contribution in [-0.2, 0) is 4.79 Å². The summed E-state index contributed by atoms with van der Waals surface area (Å²) in [6, 6.07) is 0. The van der Waals surface area contributed by atoms with Crippen molar-refractivity contribution in [1.82, 2.24) is 5.32 Å². The molecule has 1 aliphatic heterocycles. The molecule has 4 heteroatoms. The summed E-state index contributed by atoms with van der Waals surface area (Å²) in [5.41, 5.74) is 0. The normalized spacial score (nSPS) is 24.6. The second-order valence-corrected chi connectivity index (χ2v) is 7.02. The van der Waals surface area contributed by atoms with Crippen LogP contribution >= 0.6 is 0 Å². The Labute approximate surface area is 149 Å². The topological polar surface area (TPSA) is 41.5 Å². The van der Waals surface area contributed by atoms with Crippen LogP contribution in [0.15, 0.2) is 17.1 Å². The van der Waals surface area contributed by atoms with Gasteiger partial charge in [-0.3, -0.25) is 9.28 Å². The Balaban J connectivity index is 2.31. The number of nitrogens with one attached hydrogen (secondary N) is 1. The number of carbonyl (C=O) groups is 1. The van der Waals surface area contributed by atoms with Crippen LogP contribution in [0.2, 0.25) is 0 Å². The van der Waals surface area contributed by atoms with Crippen LogP contribution in [0.25, 0.3) is 0 Å². The minimum absolute atomic E-state index is 0.0521. The first-order valence-electron chi connectivity index (χ1n) is 9.87. The van der Waals surface area contributed by atoms with Crippen molar-refractivity contribution in [3.05, 3.63) is 12.2 Å². The highest BCUT2D eigenvalue weighted by Gasteiger charge is 2.42. The lowest BCUT2D eigenvalue weighted by molar-refractivity contribution is -0.959. The van der Waals surface area contributed by atoms with Crippen LogP contribution in [0.4, 0.5) is 0 Å². The number of unbranched alkanes of at least 4 members (excludes halogenated alkanes) is 5. The van der Waals surface area contributed by atoms with Gasteiger partial charge in [0.1, 0.15) is 6.54 Å². The summed E-state index contributed by atoms with van der Waals surface area (Å²) in [4.78, 5) is 16.2. The molecule has 1 heterocycles. The van der Waals surface area contributed by atoms with Crippen molar-refractivity contribution >= 4 is 12.1 Å². The van der Waals surface area contributed by atoms with E-state index in [4.69, 9.17) is 4.99 Å². The molecular weight excluding hydrogens is 298 g/mol. The first-order valence-corrected chi connectivity index (χ1v) is 9.87. The SMILES string of the molecule is CC/C=C/CCCCCCCC1N=CC[N+]1(CC)C(C)NC(C)=O. The molecule has 1 N–H and O–H groups in total. The monoisotopic (exact) mass is 336 g/mol. The summed E-state index contributed by atoms with van der Waals surface area (Å²) in [6.45, 7) is 10.1. The Kier molecular flexibility index (Phi) is 9.92. The summed E-state index contributed by atoms with van der Waals surface area (Å²) in [5, 5.41) is 3.09. The van der Waals surface area contributed by atoms with E-state index in [1.54, 1.807) is 6.92 Å². The van der Waals surface area contributed by atoms with E-state index in [1.165, 1.54) is 38.5 Å². The number of aliphatic imine (C=N–C) groups is 1. The summed E-state index contributed by atoms with van der Waals surface area (Å²) in [7, 11) is 0. The third-order valence-electron chi connectivity index (χ3n) is 5.30. The molecule has 0 spiro atoms. The van der Waals surface area contributed by atoms with Crippen molar-refractivity contribution in [2.75, 3.05) is 13.1 Å². The van der Waals surface area contributed by atoms with E-state index in [0.29, 0.717) is 6.17 Å². The fourth-order valence-corrected chi connectivity index (χ4v) is 3.76. The highest BCUT2D eigenvalue weighted by Crippen LogP contribution is 2.27. The van der Waals surface area contributed by atoms with Crippen molar-refractivity contribution in [2.45, 2.75) is 91.4 Å². The molecule has 0 aromatic rings. The van der Waals surface area contributed by atoms with Crippen LogP contribution in [0, 0.1) is 0 Å². The van der Waals surface area contributed by atoms with Crippen molar-refractivity contribution in [1.29, 1.82) is 0 Å². The average molecular weight is 337 g/mol. The first kappa shape index (κ1) is 20.9. The summed E-state index contributed by atoms with van der Waals surface area (Å²) >= 11 is 0. The molecule has 0 aromatic heterocycles. The van der Waals surface area contributed by atoms with E-state index in [-0.39, 0.29) is 12.1 Å². The molecule has 0 aliphatic carbocycles. The summed E-state index contributed by atoms with van der Waals surface area (Å²) in [5.74, 6) is 0.0521. The van der Waals surface area contributed by atoms with Crippen LogP contribution in [0.5, 0.6) is 0 Å². The molecule has 24 heavy (non-hydrogen) atoms. The van der Waals surface area contributed by atoms with Gasteiger partial charge in [0.2, 0.25) is 5.91 Å². The number of allylic oxidation sites excluding steroid dienone is 2. The van der Waals surface area contributed by atoms with Crippen LogP contribution < -0.4 is 5.32 Å². The molecule has 3 unspecified atom stereocenters. The molecule has 3 atom stereocenters. The number of quaternary nitrogens is 1. The fraction of sp³-hybridized carbons (Fsp3) is 0.800. The van der Waals surface area contributed by atoms with Crippen molar-refractivity contribution < 1.29 is 9.28 Å². The van der Waals surface area contributed by atoms with Gasteiger partial charge in [-0.1, -0.05) is 38.3 Å². The fourth-order valence-electron chi connectivity index (χ4n) is 3.76. The van der Waals surface area contributed by atoms with Gasteiger partial charge < -0.3 is 5.32 Å². The van der Waals surface area contributed by atoms with Crippen molar-refractivity contribution in [2.24, 2.45) is 4.99 Å². The van der Waals surface area contributed by atoms with Gasteiger partial charge in [0.25, 0.3) is 0 Å². The molecule has 1 aliphatic rings. The Bertz CT molecular complexity index is 419. The van der Waals surface area contributed by atoms with Gasteiger partial charge in [0.05, 0.1) is 12.8 Å². The molecule has 0 saturated heterocycles. The Hall–Kier alpha value is -1.16. The van der Waals surface area contributed by atoms with Gasteiger partial charge in [-0.05, 0) is 32.6 Å². The van der Waals surface area contributed by atoms with Gasteiger partial charge in [0.15, 0.2) is 12.3 Å². The Morgan fingerprint density at radius 1 is 1.25 bits per heavy atom. The van der Waals surface area contributed by atoms with Crippen molar-refractivity contribution in [3.8, 4) is 0 Å². The number of nitrogens with zero attached hydrogens (tertiary/aromatic N) is 2.